The number of anilines is 1. The molecular formula is C26H24Cl2N2O3. The van der Waals surface area contributed by atoms with Gasteiger partial charge in [-0.3, -0.25) is 4.79 Å². The van der Waals surface area contributed by atoms with E-state index in [4.69, 9.17) is 32.4 Å². The fourth-order valence-electron chi connectivity index (χ4n) is 3.41. The van der Waals surface area contributed by atoms with E-state index >= 15 is 0 Å². The fourth-order valence-corrected chi connectivity index (χ4v) is 3.69. The zero-order valence-electron chi connectivity index (χ0n) is 18.6. The topological polar surface area (TPSA) is 64.4 Å². The Labute approximate surface area is 202 Å². The Balaban J connectivity index is 1.50. The molecule has 0 saturated carbocycles. The first-order valence-electron chi connectivity index (χ1n) is 10.7. The van der Waals surface area contributed by atoms with Crippen LogP contribution in [-0.2, 0) is 4.79 Å². The number of aromatic nitrogens is 1. The summed E-state index contributed by atoms with van der Waals surface area (Å²) in [4.78, 5) is 17.1. The minimum atomic E-state index is -0.336. The Morgan fingerprint density at radius 3 is 2.64 bits per heavy atom. The molecule has 0 spiro atoms. The lowest BCUT2D eigenvalue weighted by atomic mass is 9.98. The predicted molar refractivity (Wildman–Crippen MR) is 133 cm³/mol. The Morgan fingerprint density at radius 2 is 1.88 bits per heavy atom. The molecule has 0 aliphatic heterocycles. The third kappa shape index (κ3) is 5.32. The van der Waals surface area contributed by atoms with Gasteiger partial charge in [0.2, 0.25) is 5.89 Å². The Morgan fingerprint density at radius 1 is 1.09 bits per heavy atom. The van der Waals surface area contributed by atoms with Gasteiger partial charge in [-0.2, -0.15) is 0 Å². The van der Waals surface area contributed by atoms with Crippen LogP contribution < -0.4 is 10.1 Å². The van der Waals surface area contributed by atoms with Gasteiger partial charge in [0, 0.05) is 10.6 Å². The second kappa shape index (κ2) is 9.86. The van der Waals surface area contributed by atoms with Crippen molar-refractivity contribution in [3.63, 3.8) is 0 Å². The molecule has 0 unspecified atom stereocenters. The first-order chi connectivity index (χ1) is 15.8. The number of rotatable bonds is 7. The molecule has 1 atom stereocenters. The van der Waals surface area contributed by atoms with Crippen molar-refractivity contribution in [3.8, 4) is 17.2 Å². The third-order valence-corrected chi connectivity index (χ3v) is 6.33. The lowest BCUT2D eigenvalue weighted by molar-refractivity contribution is -0.118. The molecule has 5 nitrogen and oxygen atoms in total. The summed E-state index contributed by atoms with van der Waals surface area (Å²) in [5.74, 6) is 1.14. The summed E-state index contributed by atoms with van der Waals surface area (Å²) in [6.45, 7) is 6.06. The molecule has 0 saturated heterocycles. The fraction of sp³-hybridized carbons (Fsp3) is 0.231. The maximum Gasteiger partial charge on any atom is 0.262 e. The number of amides is 1. The molecule has 1 N–H and O–H groups in total. The molecular weight excluding hydrogens is 459 g/mol. The van der Waals surface area contributed by atoms with Crippen molar-refractivity contribution in [2.45, 2.75) is 33.1 Å². The first kappa shape index (κ1) is 23.1. The normalized spacial score (nSPS) is 12.0. The lowest BCUT2D eigenvalue weighted by Gasteiger charge is -2.10. The number of nitrogens with zero attached hydrogens (tertiary/aromatic N) is 1. The van der Waals surface area contributed by atoms with Crippen LogP contribution in [0.4, 0.5) is 5.69 Å². The van der Waals surface area contributed by atoms with Crippen molar-refractivity contribution in [2.75, 3.05) is 11.9 Å². The van der Waals surface area contributed by atoms with Gasteiger partial charge >= 0.3 is 0 Å². The molecule has 0 aliphatic rings. The van der Waals surface area contributed by atoms with E-state index in [1.807, 2.05) is 19.1 Å². The second-order valence-corrected chi connectivity index (χ2v) is 8.81. The number of carbonyl (C=O) groups excluding carboxylic acids is 1. The van der Waals surface area contributed by atoms with E-state index in [1.165, 1.54) is 5.56 Å². The summed E-state index contributed by atoms with van der Waals surface area (Å²) < 4.78 is 11.5. The van der Waals surface area contributed by atoms with Gasteiger partial charge in [-0.15, -0.1) is 0 Å². The van der Waals surface area contributed by atoms with Gasteiger partial charge in [-0.05, 0) is 78.9 Å². The number of benzene rings is 3. The molecule has 1 amide bonds. The number of oxazole rings is 1. The van der Waals surface area contributed by atoms with E-state index in [2.05, 4.69) is 36.3 Å². The summed E-state index contributed by atoms with van der Waals surface area (Å²) in [6, 6.07) is 16.6. The quantitative estimate of drug-likeness (QED) is 0.293. The van der Waals surface area contributed by atoms with E-state index in [0.717, 1.165) is 17.5 Å². The Bertz CT molecular complexity index is 1320. The highest BCUT2D eigenvalue weighted by Crippen LogP contribution is 2.32. The zero-order chi connectivity index (χ0) is 23.5. The van der Waals surface area contributed by atoms with Gasteiger partial charge in [0.15, 0.2) is 12.2 Å². The number of hydrogen-bond acceptors (Lipinski definition) is 4. The zero-order valence-corrected chi connectivity index (χ0v) is 20.1. The van der Waals surface area contributed by atoms with Crippen molar-refractivity contribution in [3.05, 3.63) is 75.8 Å². The maximum absolute atomic E-state index is 12.4. The van der Waals surface area contributed by atoms with Gasteiger partial charge in [-0.25, -0.2) is 4.98 Å². The molecule has 4 aromatic rings. The van der Waals surface area contributed by atoms with Gasteiger partial charge < -0.3 is 14.5 Å². The standard InChI is InChI=1S/C26H24Cl2N2O3/c1-4-15(2)17-6-10-24-23(12-17)30-26(33-24)18-5-8-21(28)22(13-18)29-25(31)14-32-19-7-9-20(27)16(3)11-19/h5-13,15H,4,14H2,1-3H3,(H,29,31)/t15-/m0/s1. The van der Waals surface area contributed by atoms with Crippen molar-refractivity contribution in [1.29, 1.82) is 0 Å². The Kier molecular flexibility index (Phi) is 6.91. The SMILES string of the molecule is CC[C@H](C)c1ccc2oc(-c3ccc(Cl)c(NC(=O)COc4ccc(Cl)c(C)c4)c3)nc2c1. The molecule has 170 valence electrons. The highest BCUT2D eigenvalue weighted by atomic mass is 35.5. The van der Waals surface area contributed by atoms with E-state index in [1.54, 1.807) is 30.3 Å². The minimum Gasteiger partial charge on any atom is -0.484 e. The smallest absolute Gasteiger partial charge is 0.262 e. The summed E-state index contributed by atoms with van der Waals surface area (Å²) >= 11 is 12.3. The number of halogens is 2. The van der Waals surface area contributed by atoms with Crippen molar-refractivity contribution in [2.24, 2.45) is 0 Å². The molecule has 0 radical (unpaired) electrons. The van der Waals surface area contributed by atoms with E-state index in [-0.39, 0.29) is 12.5 Å². The average molecular weight is 483 g/mol. The number of nitrogens with one attached hydrogen (secondary N) is 1. The Hall–Kier alpha value is -3.02. The molecule has 4 rings (SSSR count). The van der Waals surface area contributed by atoms with Crippen molar-refractivity contribution < 1.29 is 13.9 Å². The van der Waals surface area contributed by atoms with Crippen LogP contribution in [0.25, 0.3) is 22.6 Å². The largest absolute Gasteiger partial charge is 0.484 e. The lowest BCUT2D eigenvalue weighted by Crippen LogP contribution is -2.20. The third-order valence-electron chi connectivity index (χ3n) is 5.58. The summed E-state index contributed by atoms with van der Waals surface area (Å²) in [5, 5.41) is 3.84. The monoisotopic (exact) mass is 482 g/mol. The van der Waals surface area contributed by atoms with Crippen LogP contribution in [-0.4, -0.2) is 17.5 Å². The average Bonchev–Trinajstić information content (AvgIpc) is 3.24. The minimum absolute atomic E-state index is 0.164. The predicted octanol–water partition coefficient (Wildman–Crippen LogP) is 7.64. The van der Waals surface area contributed by atoms with Gasteiger partial charge in [0.1, 0.15) is 11.3 Å². The van der Waals surface area contributed by atoms with Gasteiger partial charge in [0.05, 0.1) is 10.7 Å². The van der Waals surface area contributed by atoms with Gasteiger partial charge in [0.25, 0.3) is 5.91 Å². The summed E-state index contributed by atoms with van der Waals surface area (Å²) in [7, 11) is 0. The molecule has 0 aliphatic carbocycles. The van der Waals surface area contributed by atoms with Crippen LogP contribution in [0.5, 0.6) is 5.75 Å². The van der Waals surface area contributed by atoms with Crippen LogP contribution in [0.15, 0.2) is 59.0 Å². The van der Waals surface area contributed by atoms with Crippen LogP contribution >= 0.6 is 23.2 Å². The summed E-state index contributed by atoms with van der Waals surface area (Å²) in [6.07, 6.45) is 1.05. The molecule has 3 aromatic carbocycles. The van der Waals surface area contributed by atoms with E-state index in [9.17, 15) is 4.79 Å². The van der Waals surface area contributed by atoms with Crippen LogP contribution in [0.1, 0.15) is 37.3 Å². The molecule has 1 heterocycles. The number of hydrogen-bond donors (Lipinski definition) is 1. The highest BCUT2D eigenvalue weighted by molar-refractivity contribution is 6.33. The van der Waals surface area contributed by atoms with E-state index < -0.39 is 0 Å². The van der Waals surface area contributed by atoms with Crippen molar-refractivity contribution >= 4 is 45.9 Å². The molecule has 33 heavy (non-hydrogen) atoms. The van der Waals surface area contributed by atoms with Crippen LogP contribution in [0.2, 0.25) is 10.0 Å². The number of ether oxygens (including phenoxy) is 1. The molecule has 7 heteroatoms. The number of aryl methyl sites for hydroxylation is 1. The summed E-state index contributed by atoms with van der Waals surface area (Å²) in [5.41, 5.74) is 4.78. The highest BCUT2D eigenvalue weighted by Gasteiger charge is 2.14. The van der Waals surface area contributed by atoms with Crippen LogP contribution in [0, 0.1) is 6.92 Å². The number of fused-ring (bicyclic) bond motifs is 1. The maximum atomic E-state index is 12.4. The van der Waals surface area contributed by atoms with Gasteiger partial charge in [-0.1, -0.05) is 43.1 Å². The van der Waals surface area contributed by atoms with Crippen molar-refractivity contribution in [1.82, 2.24) is 4.98 Å². The molecule has 0 fully saturated rings. The number of carbonyl (C=O) groups is 1. The molecule has 1 aromatic heterocycles. The van der Waals surface area contributed by atoms with E-state index in [0.29, 0.717) is 44.4 Å². The first-order valence-corrected chi connectivity index (χ1v) is 11.5. The second-order valence-electron chi connectivity index (χ2n) is 8.00. The molecule has 0 bridgehead atoms. The van der Waals surface area contributed by atoms with Crippen LogP contribution in [0.3, 0.4) is 0 Å².